The summed E-state index contributed by atoms with van der Waals surface area (Å²) in [6.45, 7) is -0.0669. The normalized spacial score (nSPS) is 10.5. The Kier molecular flexibility index (Phi) is 6.29. The lowest BCUT2D eigenvalue weighted by atomic mass is 10.2. The highest BCUT2D eigenvalue weighted by Crippen LogP contribution is 2.27. The zero-order valence-corrected chi connectivity index (χ0v) is 17.3. The summed E-state index contributed by atoms with van der Waals surface area (Å²) in [6.07, 6.45) is 4.40. The van der Waals surface area contributed by atoms with E-state index in [1.807, 2.05) is 12.1 Å². The molecule has 2 aromatic carbocycles. The Bertz CT molecular complexity index is 1190. The maximum absolute atomic E-state index is 14.1. The Morgan fingerprint density at radius 2 is 1.94 bits per heavy atom. The van der Waals surface area contributed by atoms with E-state index in [1.54, 1.807) is 12.1 Å². The number of carbonyl (C=O) groups is 1. The Morgan fingerprint density at radius 3 is 2.71 bits per heavy atom. The summed E-state index contributed by atoms with van der Waals surface area (Å²) in [6, 6.07) is 10.8. The number of aromatic nitrogens is 4. The van der Waals surface area contributed by atoms with Crippen molar-refractivity contribution in [3.63, 3.8) is 0 Å². The number of halogens is 2. The lowest BCUT2D eigenvalue weighted by Gasteiger charge is -2.09. The van der Waals surface area contributed by atoms with Gasteiger partial charge in [0.15, 0.2) is 0 Å². The molecular weight excluding hydrogens is 443 g/mol. The lowest BCUT2D eigenvalue weighted by molar-refractivity contribution is 0.262. The molecule has 8 nitrogen and oxygen atoms in total. The van der Waals surface area contributed by atoms with E-state index < -0.39 is 11.8 Å². The SMILES string of the molecule is O=C(Nc1ccc(F)c(COc2cnccn2)c1)Nc1nnc(-c2ccc(Cl)cc2)s1. The largest absolute Gasteiger partial charge is 0.472 e. The first-order chi connectivity index (χ1) is 15.1. The minimum atomic E-state index is -0.536. The number of urea groups is 1. The number of carbonyl (C=O) groups excluding carboxylic acids is 1. The predicted octanol–water partition coefficient (Wildman–Crippen LogP) is 5.01. The molecule has 0 bridgehead atoms. The van der Waals surface area contributed by atoms with Gasteiger partial charge >= 0.3 is 6.03 Å². The molecule has 31 heavy (non-hydrogen) atoms. The van der Waals surface area contributed by atoms with Gasteiger partial charge in [0.05, 0.1) is 6.20 Å². The standard InChI is InChI=1S/C20H14ClFN6O2S/c21-14-3-1-12(2-4-14)18-27-28-20(31-18)26-19(29)25-15-5-6-16(22)13(9-15)11-30-17-10-23-7-8-24-17/h1-10H,11H2,(H2,25,26,28,29). The number of hydrogen-bond acceptors (Lipinski definition) is 7. The minimum absolute atomic E-state index is 0.0669. The second kappa shape index (κ2) is 9.45. The maximum atomic E-state index is 14.1. The van der Waals surface area contributed by atoms with E-state index in [-0.39, 0.29) is 18.1 Å². The monoisotopic (exact) mass is 456 g/mol. The van der Waals surface area contributed by atoms with Crippen LogP contribution in [0.25, 0.3) is 10.6 Å². The first kappa shape index (κ1) is 20.6. The molecule has 2 amide bonds. The maximum Gasteiger partial charge on any atom is 0.325 e. The number of anilines is 2. The Labute approximate surface area is 185 Å². The van der Waals surface area contributed by atoms with E-state index in [0.29, 0.717) is 20.8 Å². The number of hydrogen-bond donors (Lipinski definition) is 2. The third-order valence-corrected chi connectivity index (χ3v) is 5.09. The van der Waals surface area contributed by atoms with Crippen molar-refractivity contribution in [3.8, 4) is 16.5 Å². The van der Waals surface area contributed by atoms with Crippen molar-refractivity contribution in [2.45, 2.75) is 6.61 Å². The summed E-state index contributed by atoms with van der Waals surface area (Å²) in [7, 11) is 0. The number of benzene rings is 2. The van der Waals surface area contributed by atoms with Gasteiger partial charge in [0.25, 0.3) is 0 Å². The number of nitrogens with one attached hydrogen (secondary N) is 2. The first-order valence-electron chi connectivity index (χ1n) is 8.91. The third kappa shape index (κ3) is 5.50. The van der Waals surface area contributed by atoms with Crippen LogP contribution in [-0.4, -0.2) is 26.2 Å². The number of amides is 2. The van der Waals surface area contributed by atoms with Gasteiger partial charge < -0.3 is 10.1 Å². The summed E-state index contributed by atoms with van der Waals surface area (Å²) in [5.74, 6) is -0.197. The molecule has 0 atom stereocenters. The number of ether oxygens (including phenoxy) is 1. The zero-order valence-electron chi connectivity index (χ0n) is 15.8. The second-order valence-electron chi connectivity index (χ2n) is 6.14. The molecule has 0 fully saturated rings. The number of nitrogens with zero attached hydrogens (tertiary/aromatic N) is 4. The molecule has 0 radical (unpaired) electrons. The molecule has 0 unspecified atom stereocenters. The Morgan fingerprint density at radius 1 is 1.10 bits per heavy atom. The van der Waals surface area contributed by atoms with Gasteiger partial charge in [-0.3, -0.25) is 10.3 Å². The van der Waals surface area contributed by atoms with Crippen LogP contribution in [0.15, 0.2) is 61.1 Å². The van der Waals surface area contributed by atoms with Crippen LogP contribution in [-0.2, 0) is 6.61 Å². The topological polar surface area (TPSA) is 102 Å². The van der Waals surface area contributed by atoms with Gasteiger partial charge in [-0.15, -0.1) is 10.2 Å². The van der Waals surface area contributed by atoms with Crippen molar-refractivity contribution in [1.82, 2.24) is 20.2 Å². The van der Waals surface area contributed by atoms with Gasteiger partial charge in [-0.1, -0.05) is 35.1 Å². The third-order valence-electron chi connectivity index (χ3n) is 3.96. The highest BCUT2D eigenvalue weighted by atomic mass is 35.5. The van der Waals surface area contributed by atoms with Crippen molar-refractivity contribution in [2.24, 2.45) is 0 Å². The summed E-state index contributed by atoms with van der Waals surface area (Å²) in [5, 5.41) is 14.8. The van der Waals surface area contributed by atoms with Crippen molar-refractivity contribution < 1.29 is 13.9 Å². The van der Waals surface area contributed by atoms with Crippen LogP contribution in [0, 0.1) is 5.82 Å². The highest BCUT2D eigenvalue weighted by molar-refractivity contribution is 7.18. The van der Waals surface area contributed by atoms with Crippen molar-refractivity contribution in [2.75, 3.05) is 10.6 Å². The summed E-state index contributed by atoms with van der Waals surface area (Å²) in [4.78, 5) is 20.1. The average Bonchev–Trinajstić information content (AvgIpc) is 3.23. The molecule has 4 aromatic rings. The van der Waals surface area contributed by atoms with Crippen LogP contribution >= 0.6 is 22.9 Å². The molecule has 2 N–H and O–H groups in total. The van der Waals surface area contributed by atoms with Crippen LogP contribution < -0.4 is 15.4 Å². The van der Waals surface area contributed by atoms with Crippen LogP contribution in [0.1, 0.15) is 5.56 Å². The first-order valence-corrected chi connectivity index (χ1v) is 10.1. The molecular formula is C20H14ClFN6O2S. The molecule has 2 aromatic heterocycles. The molecule has 4 rings (SSSR count). The van der Waals surface area contributed by atoms with Crippen LogP contribution in [0.2, 0.25) is 5.02 Å². The quantitative estimate of drug-likeness (QED) is 0.423. The van der Waals surface area contributed by atoms with Gasteiger partial charge in [0.2, 0.25) is 11.0 Å². The van der Waals surface area contributed by atoms with E-state index in [9.17, 15) is 9.18 Å². The minimum Gasteiger partial charge on any atom is -0.472 e. The lowest BCUT2D eigenvalue weighted by Crippen LogP contribution is -2.19. The van der Waals surface area contributed by atoms with Gasteiger partial charge in [0, 0.05) is 34.2 Å². The van der Waals surface area contributed by atoms with Gasteiger partial charge in [-0.2, -0.15) is 0 Å². The van der Waals surface area contributed by atoms with E-state index in [2.05, 4.69) is 30.8 Å². The molecule has 11 heteroatoms. The molecule has 156 valence electrons. The Hall–Kier alpha value is -3.63. The zero-order chi connectivity index (χ0) is 21.6. The summed E-state index contributed by atoms with van der Waals surface area (Å²) < 4.78 is 19.5. The smallest absolute Gasteiger partial charge is 0.325 e. The van der Waals surface area contributed by atoms with Crippen LogP contribution in [0.5, 0.6) is 5.88 Å². The van der Waals surface area contributed by atoms with Crippen molar-refractivity contribution >= 4 is 39.8 Å². The molecule has 0 spiro atoms. The van der Waals surface area contributed by atoms with E-state index in [1.165, 1.54) is 48.1 Å². The molecule has 0 saturated heterocycles. The van der Waals surface area contributed by atoms with E-state index in [4.69, 9.17) is 16.3 Å². The Balaban J connectivity index is 1.38. The van der Waals surface area contributed by atoms with Crippen LogP contribution in [0.4, 0.5) is 20.0 Å². The van der Waals surface area contributed by atoms with Crippen LogP contribution in [0.3, 0.4) is 0 Å². The molecule has 0 aliphatic carbocycles. The second-order valence-corrected chi connectivity index (χ2v) is 7.55. The van der Waals surface area contributed by atoms with E-state index >= 15 is 0 Å². The molecule has 2 heterocycles. The van der Waals surface area contributed by atoms with Crippen molar-refractivity contribution in [3.05, 3.63) is 77.5 Å². The average molecular weight is 457 g/mol. The van der Waals surface area contributed by atoms with Gasteiger partial charge in [-0.05, 0) is 30.3 Å². The van der Waals surface area contributed by atoms with Gasteiger partial charge in [-0.25, -0.2) is 14.2 Å². The predicted molar refractivity (Wildman–Crippen MR) is 116 cm³/mol. The molecule has 0 aliphatic heterocycles. The van der Waals surface area contributed by atoms with E-state index in [0.717, 1.165) is 5.56 Å². The number of rotatable bonds is 6. The summed E-state index contributed by atoms with van der Waals surface area (Å²) in [5.41, 5.74) is 1.48. The molecule has 0 aliphatic rings. The van der Waals surface area contributed by atoms with Gasteiger partial charge in [0.1, 0.15) is 17.4 Å². The molecule has 0 saturated carbocycles. The fourth-order valence-corrected chi connectivity index (χ4v) is 3.39. The highest BCUT2D eigenvalue weighted by Gasteiger charge is 2.11. The summed E-state index contributed by atoms with van der Waals surface area (Å²) >= 11 is 7.10. The fraction of sp³-hybridized carbons (Fsp3) is 0.0500. The fourth-order valence-electron chi connectivity index (χ4n) is 2.52. The van der Waals surface area contributed by atoms with Crippen molar-refractivity contribution in [1.29, 1.82) is 0 Å².